The Morgan fingerprint density at radius 3 is 2.58 bits per heavy atom. The molecule has 5 nitrogen and oxygen atoms in total. The van der Waals surface area contributed by atoms with Crippen LogP contribution in [0.5, 0.6) is 0 Å². The molecule has 1 aliphatic heterocycles. The van der Waals surface area contributed by atoms with E-state index in [9.17, 15) is 9.59 Å². The average molecular weight is 349 g/mol. The third kappa shape index (κ3) is 3.29. The fourth-order valence-corrected chi connectivity index (χ4v) is 3.51. The van der Waals surface area contributed by atoms with Crippen LogP contribution in [0, 0.1) is 6.92 Å². The molecule has 4 N–H and O–H groups in total. The van der Waals surface area contributed by atoms with Gasteiger partial charge in [0, 0.05) is 35.0 Å². The number of anilines is 1. The van der Waals surface area contributed by atoms with Gasteiger partial charge in [-0.2, -0.15) is 0 Å². The molecule has 2 heterocycles. The summed E-state index contributed by atoms with van der Waals surface area (Å²) in [5, 5.41) is 2.97. The topological polar surface area (TPSA) is 88.0 Å². The van der Waals surface area contributed by atoms with E-state index >= 15 is 0 Å². The van der Waals surface area contributed by atoms with Gasteiger partial charge in [0.05, 0.1) is 0 Å². The molecule has 26 heavy (non-hydrogen) atoms. The summed E-state index contributed by atoms with van der Waals surface area (Å²) in [7, 11) is 0. The van der Waals surface area contributed by atoms with Crippen LogP contribution in [0.1, 0.15) is 54.0 Å². The molecule has 0 unspecified atom stereocenters. The van der Waals surface area contributed by atoms with Gasteiger partial charge in [0.25, 0.3) is 5.56 Å². The standard InChI is InChI=1S/C21H23N3O2/c1-12-10-14(4-7-18(12)22)17(11-15-5-9-20(25)23-15)19-8-6-16(13-2-3-13)21(26)24-19/h4,6-8,10-11,13,15H,2-3,5,9,22H2,1H3,(H,23,25)(H,24,26)/b17-11+/t15-/m1/s1. The molecule has 2 aliphatic rings. The molecule has 1 saturated carbocycles. The predicted molar refractivity (Wildman–Crippen MR) is 103 cm³/mol. The maximum atomic E-state index is 12.5. The molecular weight excluding hydrogens is 326 g/mol. The van der Waals surface area contributed by atoms with E-state index < -0.39 is 0 Å². The molecule has 0 radical (unpaired) electrons. The SMILES string of the molecule is Cc1cc(/C(=C\[C@H]2CCC(=O)N2)c2ccc(C3CC3)c(=O)[nH]2)ccc1N. The van der Waals surface area contributed by atoms with E-state index in [1.165, 1.54) is 0 Å². The summed E-state index contributed by atoms with van der Waals surface area (Å²) in [6.45, 7) is 1.97. The lowest BCUT2D eigenvalue weighted by Crippen LogP contribution is -2.23. The first-order valence-electron chi connectivity index (χ1n) is 9.12. The number of nitrogens with two attached hydrogens (primary N) is 1. The first kappa shape index (κ1) is 16.6. The summed E-state index contributed by atoms with van der Waals surface area (Å²) < 4.78 is 0. The van der Waals surface area contributed by atoms with Gasteiger partial charge >= 0.3 is 0 Å². The van der Waals surface area contributed by atoms with Crippen LogP contribution in [-0.4, -0.2) is 16.9 Å². The summed E-state index contributed by atoms with van der Waals surface area (Å²) in [6, 6.07) is 9.74. The van der Waals surface area contributed by atoms with Crippen molar-refractivity contribution in [3.63, 3.8) is 0 Å². The van der Waals surface area contributed by atoms with Crippen LogP contribution in [0.4, 0.5) is 5.69 Å². The van der Waals surface area contributed by atoms with Crippen molar-refractivity contribution >= 4 is 17.2 Å². The van der Waals surface area contributed by atoms with E-state index in [1.807, 2.05) is 43.3 Å². The number of nitrogens with one attached hydrogen (secondary N) is 2. The molecule has 1 saturated heterocycles. The van der Waals surface area contributed by atoms with Gasteiger partial charge in [-0.15, -0.1) is 0 Å². The Bertz CT molecular complexity index is 954. The fourth-order valence-electron chi connectivity index (χ4n) is 3.51. The minimum atomic E-state index is -0.0260. The van der Waals surface area contributed by atoms with E-state index in [1.54, 1.807) is 0 Å². The van der Waals surface area contributed by atoms with Crippen molar-refractivity contribution in [2.75, 3.05) is 5.73 Å². The highest BCUT2D eigenvalue weighted by atomic mass is 16.2. The van der Waals surface area contributed by atoms with Crippen LogP contribution in [0.15, 0.2) is 41.2 Å². The zero-order valence-electron chi connectivity index (χ0n) is 14.8. The van der Waals surface area contributed by atoms with Gasteiger partial charge in [-0.25, -0.2) is 0 Å². The smallest absolute Gasteiger partial charge is 0.251 e. The molecular formula is C21H23N3O2. The lowest BCUT2D eigenvalue weighted by Gasteiger charge is -2.14. The number of aromatic nitrogens is 1. The van der Waals surface area contributed by atoms with Gasteiger partial charge in [0.1, 0.15) is 0 Å². The van der Waals surface area contributed by atoms with Gasteiger partial charge in [-0.3, -0.25) is 9.59 Å². The van der Waals surface area contributed by atoms with Crippen molar-refractivity contribution in [3.05, 3.63) is 69.1 Å². The number of aryl methyl sites for hydroxylation is 1. The molecule has 134 valence electrons. The second kappa shape index (κ2) is 6.48. The first-order valence-corrected chi connectivity index (χ1v) is 9.12. The summed E-state index contributed by atoms with van der Waals surface area (Å²) in [5.74, 6) is 0.477. The number of hydrogen-bond donors (Lipinski definition) is 3. The Labute approximate surface area is 152 Å². The van der Waals surface area contributed by atoms with Gasteiger partial charge in [0.15, 0.2) is 0 Å². The average Bonchev–Trinajstić information content (AvgIpc) is 3.37. The van der Waals surface area contributed by atoms with E-state index in [2.05, 4.69) is 10.3 Å². The zero-order valence-corrected chi connectivity index (χ0v) is 14.8. The number of hydrogen-bond acceptors (Lipinski definition) is 3. The molecule has 1 aromatic heterocycles. The van der Waals surface area contributed by atoms with E-state index in [0.29, 0.717) is 12.3 Å². The third-order valence-electron chi connectivity index (χ3n) is 5.22. The van der Waals surface area contributed by atoms with Crippen molar-refractivity contribution in [3.8, 4) is 0 Å². The van der Waals surface area contributed by atoms with Crippen LogP contribution in [0.3, 0.4) is 0 Å². The highest BCUT2D eigenvalue weighted by molar-refractivity contribution is 5.83. The number of nitrogen functional groups attached to an aromatic ring is 1. The minimum Gasteiger partial charge on any atom is -0.399 e. The van der Waals surface area contributed by atoms with E-state index in [-0.39, 0.29) is 17.5 Å². The van der Waals surface area contributed by atoms with E-state index in [4.69, 9.17) is 5.73 Å². The van der Waals surface area contributed by atoms with Crippen LogP contribution in [0.25, 0.3) is 5.57 Å². The minimum absolute atomic E-state index is 0.0153. The Balaban J connectivity index is 1.78. The first-order chi connectivity index (χ1) is 12.5. The maximum absolute atomic E-state index is 12.5. The summed E-state index contributed by atoms with van der Waals surface area (Å²) in [4.78, 5) is 27.1. The molecule has 5 heteroatoms. The number of rotatable bonds is 4. The van der Waals surface area contributed by atoms with Crippen molar-refractivity contribution in [2.45, 2.75) is 44.6 Å². The highest BCUT2D eigenvalue weighted by Gasteiger charge is 2.26. The number of aromatic amines is 1. The van der Waals surface area contributed by atoms with Crippen LogP contribution in [-0.2, 0) is 4.79 Å². The number of H-pyrrole nitrogens is 1. The lowest BCUT2D eigenvalue weighted by molar-refractivity contribution is -0.119. The van der Waals surface area contributed by atoms with Crippen molar-refractivity contribution in [1.82, 2.24) is 10.3 Å². The maximum Gasteiger partial charge on any atom is 0.251 e. The normalized spacial score (nSPS) is 20.3. The lowest BCUT2D eigenvalue weighted by atomic mass is 9.96. The molecule has 0 bridgehead atoms. The molecule has 4 rings (SSSR count). The summed E-state index contributed by atoms with van der Waals surface area (Å²) >= 11 is 0. The summed E-state index contributed by atoms with van der Waals surface area (Å²) in [5.41, 5.74) is 11.2. The second-order valence-corrected chi connectivity index (χ2v) is 7.30. The number of pyridine rings is 1. The molecule has 1 amide bonds. The van der Waals surface area contributed by atoms with Gasteiger partial charge in [0.2, 0.25) is 5.91 Å². The van der Waals surface area contributed by atoms with Crippen molar-refractivity contribution in [2.24, 2.45) is 0 Å². The molecule has 1 aromatic carbocycles. The van der Waals surface area contributed by atoms with Crippen LogP contribution >= 0.6 is 0 Å². The Hall–Kier alpha value is -2.82. The molecule has 2 aromatic rings. The Morgan fingerprint density at radius 2 is 1.96 bits per heavy atom. The highest BCUT2D eigenvalue weighted by Crippen LogP contribution is 2.38. The molecule has 2 fully saturated rings. The number of benzene rings is 1. The second-order valence-electron chi connectivity index (χ2n) is 7.30. The van der Waals surface area contributed by atoms with Gasteiger partial charge in [-0.05, 0) is 61.4 Å². The fraction of sp³-hybridized carbons (Fsp3) is 0.333. The van der Waals surface area contributed by atoms with Gasteiger partial charge < -0.3 is 16.0 Å². The van der Waals surface area contributed by atoms with Crippen molar-refractivity contribution < 1.29 is 4.79 Å². The zero-order chi connectivity index (χ0) is 18.3. The summed E-state index contributed by atoms with van der Waals surface area (Å²) in [6.07, 6.45) is 5.53. The Morgan fingerprint density at radius 1 is 1.15 bits per heavy atom. The van der Waals surface area contributed by atoms with Crippen LogP contribution < -0.4 is 16.6 Å². The molecule has 0 spiro atoms. The Kier molecular flexibility index (Phi) is 4.15. The number of carbonyl (C=O) groups is 1. The molecule has 1 aliphatic carbocycles. The number of carbonyl (C=O) groups excluding carboxylic acids is 1. The molecule has 1 atom stereocenters. The number of amides is 1. The van der Waals surface area contributed by atoms with Crippen molar-refractivity contribution in [1.29, 1.82) is 0 Å². The predicted octanol–water partition coefficient (Wildman–Crippen LogP) is 2.85. The quantitative estimate of drug-likeness (QED) is 0.742. The van der Waals surface area contributed by atoms with Gasteiger partial charge in [-0.1, -0.05) is 18.2 Å². The van der Waals surface area contributed by atoms with Crippen LogP contribution in [0.2, 0.25) is 0 Å². The largest absolute Gasteiger partial charge is 0.399 e. The monoisotopic (exact) mass is 349 g/mol. The van der Waals surface area contributed by atoms with E-state index in [0.717, 1.165) is 52.9 Å². The third-order valence-corrected chi connectivity index (χ3v) is 5.22.